The van der Waals surface area contributed by atoms with Gasteiger partial charge < -0.3 is 10.3 Å². The molecule has 6 heteroatoms. The second kappa shape index (κ2) is 6.87. The van der Waals surface area contributed by atoms with Gasteiger partial charge in [-0.15, -0.1) is 0 Å². The van der Waals surface area contributed by atoms with Gasteiger partial charge in [-0.25, -0.2) is 10.8 Å². The van der Waals surface area contributed by atoms with Crippen molar-refractivity contribution in [3.05, 3.63) is 23.4 Å². The number of aryl methyl sites for hydroxylation is 1. The van der Waals surface area contributed by atoms with E-state index < -0.39 is 0 Å². The molecule has 1 aromatic rings. The highest BCUT2D eigenvalue weighted by molar-refractivity contribution is 5.95. The molecule has 2 rings (SSSR count). The lowest BCUT2D eigenvalue weighted by molar-refractivity contribution is 0.0595. The number of amides is 1. The van der Waals surface area contributed by atoms with E-state index in [2.05, 4.69) is 29.2 Å². The predicted octanol–water partition coefficient (Wildman–Crippen LogP) is 1.10. The van der Waals surface area contributed by atoms with Gasteiger partial charge in [0, 0.05) is 43.5 Å². The highest BCUT2D eigenvalue weighted by atomic mass is 16.2. The molecule has 0 unspecified atom stereocenters. The Labute approximate surface area is 126 Å². The number of nitrogens with one attached hydrogen (secondary N) is 1. The summed E-state index contributed by atoms with van der Waals surface area (Å²) in [7, 11) is 0. The number of nitrogen functional groups attached to an aromatic ring is 1. The Hall–Kier alpha value is -1.66. The average molecular weight is 291 g/mol. The van der Waals surface area contributed by atoms with Crippen LogP contribution in [0.4, 0.5) is 5.82 Å². The van der Waals surface area contributed by atoms with Gasteiger partial charge in [-0.05, 0) is 32.4 Å². The van der Waals surface area contributed by atoms with Crippen molar-refractivity contribution in [2.45, 2.75) is 33.2 Å². The summed E-state index contributed by atoms with van der Waals surface area (Å²) in [6.45, 7) is 9.78. The SMILES string of the molecule is CCc1cc(C(=O)N2CCN(C(C)C)CC2)cc(NN)n1. The Morgan fingerprint density at radius 2 is 2.00 bits per heavy atom. The van der Waals surface area contributed by atoms with E-state index in [-0.39, 0.29) is 5.91 Å². The molecular weight excluding hydrogens is 266 g/mol. The largest absolute Gasteiger partial charge is 0.336 e. The summed E-state index contributed by atoms with van der Waals surface area (Å²) >= 11 is 0. The molecule has 0 spiro atoms. The Bertz CT molecular complexity index is 473. The normalized spacial score (nSPS) is 16.3. The molecule has 0 bridgehead atoms. The number of carbonyl (C=O) groups excluding carboxylic acids is 1. The van der Waals surface area contributed by atoms with Gasteiger partial charge in [-0.1, -0.05) is 6.92 Å². The Balaban J connectivity index is 2.10. The van der Waals surface area contributed by atoms with Crippen LogP contribution in [0.15, 0.2) is 12.1 Å². The zero-order valence-electron chi connectivity index (χ0n) is 13.1. The maximum Gasteiger partial charge on any atom is 0.254 e. The highest BCUT2D eigenvalue weighted by Crippen LogP contribution is 2.15. The number of piperazine rings is 1. The number of pyridine rings is 1. The monoisotopic (exact) mass is 291 g/mol. The Morgan fingerprint density at radius 1 is 1.33 bits per heavy atom. The van der Waals surface area contributed by atoms with E-state index in [4.69, 9.17) is 5.84 Å². The molecule has 116 valence electrons. The molecule has 21 heavy (non-hydrogen) atoms. The van der Waals surface area contributed by atoms with Crippen LogP contribution >= 0.6 is 0 Å². The van der Waals surface area contributed by atoms with Gasteiger partial charge in [0.25, 0.3) is 5.91 Å². The Kier molecular flexibility index (Phi) is 5.14. The molecule has 0 atom stereocenters. The van der Waals surface area contributed by atoms with Crippen LogP contribution in [0.1, 0.15) is 36.8 Å². The molecule has 1 aromatic heterocycles. The molecule has 1 fully saturated rings. The topological polar surface area (TPSA) is 74.5 Å². The van der Waals surface area contributed by atoms with Crippen molar-refractivity contribution in [3.8, 4) is 0 Å². The summed E-state index contributed by atoms with van der Waals surface area (Å²) in [4.78, 5) is 21.2. The third kappa shape index (κ3) is 3.71. The van der Waals surface area contributed by atoms with E-state index in [1.54, 1.807) is 6.07 Å². The van der Waals surface area contributed by atoms with Gasteiger partial charge in [0.05, 0.1) is 0 Å². The van der Waals surface area contributed by atoms with Crippen molar-refractivity contribution in [1.29, 1.82) is 0 Å². The maximum atomic E-state index is 12.6. The van der Waals surface area contributed by atoms with Gasteiger partial charge in [-0.2, -0.15) is 0 Å². The summed E-state index contributed by atoms with van der Waals surface area (Å²) in [5.41, 5.74) is 4.06. The first-order chi connectivity index (χ1) is 10.0. The van der Waals surface area contributed by atoms with Crippen molar-refractivity contribution in [1.82, 2.24) is 14.8 Å². The summed E-state index contributed by atoms with van der Waals surface area (Å²) in [5, 5.41) is 0. The third-order valence-corrected chi connectivity index (χ3v) is 3.97. The first-order valence-electron chi connectivity index (χ1n) is 7.56. The number of nitrogens with zero attached hydrogens (tertiary/aromatic N) is 3. The number of carbonyl (C=O) groups is 1. The van der Waals surface area contributed by atoms with E-state index in [1.807, 2.05) is 17.9 Å². The first kappa shape index (κ1) is 15.7. The number of hydrazine groups is 1. The molecule has 1 aliphatic rings. The van der Waals surface area contributed by atoms with Crippen LogP contribution in [0, 0.1) is 0 Å². The molecule has 1 saturated heterocycles. The average Bonchev–Trinajstić information content (AvgIpc) is 2.53. The van der Waals surface area contributed by atoms with Crippen molar-refractivity contribution >= 4 is 11.7 Å². The fourth-order valence-electron chi connectivity index (χ4n) is 2.59. The second-order valence-electron chi connectivity index (χ2n) is 5.65. The van der Waals surface area contributed by atoms with E-state index in [0.29, 0.717) is 17.4 Å². The second-order valence-corrected chi connectivity index (χ2v) is 5.65. The van der Waals surface area contributed by atoms with E-state index >= 15 is 0 Å². The van der Waals surface area contributed by atoms with Gasteiger partial charge >= 0.3 is 0 Å². The molecule has 2 heterocycles. The predicted molar refractivity (Wildman–Crippen MR) is 84.0 cm³/mol. The van der Waals surface area contributed by atoms with Crippen LogP contribution in [-0.2, 0) is 6.42 Å². The zero-order chi connectivity index (χ0) is 15.4. The smallest absolute Gasteiger partial charge is 0.254 e. The fourth-order valence-corrected chi connectivity index (χ4v) is 2.59. The zero-order valence-corrected chi connectivity index (χ0v) is 13.1. The minimum atomic E-state index is 0.0620. The number of hydrogen-bond donors (Lipinski definition) is 2. The van der Waals surface area contributed by atoms with Crippen molar-refractivity contribution in [2.75, 3.05) is 31.6 Å². The van der Waals surface area contributed by atoms with Crippen molar-refractivity contribution in [3.63, 3.8) is 0 Å². The molecule has 3 N–H and O–H groups in total. The van der Waals surface area contributed by atoms with Gasteiger partial charge in [0.1, 0.15) is 5.82 Å². The molecule has 0 aromatic carbocycles. The molecular formula is C15H25N5O. The number of aromatic nitrogens is 1. The first-order valence-corrected chi connectivity index (χ1v) is 7.56. The molecule has 0 radical (unpaired) electrons. The molecule has 6 nitrogen and oxygen atoms in total. The Morgan fingerprint density at radius 3 is 2.52 bits per heavy atom. The van der Waals surface area contributed by atoms with Crippen LogP contribution in [0.2, 0.25) is 0 Å². The van der Waals surface area contributed by atoms with Crippen LogP contribution < -0.4 is 11.3 Å². The number of hydrogen-bond acceptors (Lipinski definition) is 5. The molecule has 0 saturated carbocycles. The van der Waals surface area contributed by atoms with Crippen LogP contribution in [-0.4, -0.2) is 52.9 Å². The van der Waals surface area contributed by atoms with Crippen molar-refractivity contribution in [2.24, 2.45) is 5.84 Å². The maximum absolute atomic E-state index is 12.6. The van der Waals surface area contributed by atoms with E-state index in [1.165, 1.54) is 0 Å². The standard InChI is InChI=1S/C15H25N5O/c1-4-13-9-12(10-14(17-13)18-16)15(21)20-7-5-19(6-8-20)11(2)3/h9-11H,4-8,16H2,1-3H3,(H,17,18). The van der Waals surface area contributed by atoms with E-state index in [9.17, 15) is 4.79 Å². The molecule has 1 amide bonds. The van der Waals surface area contributed by atoms with Gasteiger partial charge in [0.2, 0.25) is 0 Å². The minimum absolute atomic E-state index is 0.0620. The summed E-state index contributed by atoms with van der Waals surface area (Å²) in [6.07, 6.45) is 0.775. The quantitative estimate of drug-likeness (QED) is 0.642. The fraction of sp³-hybridized carbons (Fsp3) is 0.600. The summed E-state index contributed by atoms with van der Waals surface area (Å²) < 4.78 is 0. The number of rotatable bonds is 4. The van der Waals surface area contributed by atoms with Crippen LogP contribution in [0.25, 0.3) is 0 Å². The van der Waals surface area contributed by atoms with Crippen LogP contribution in [0.3, 0.4) is 0 Å². The third-order valence-electron chi connectivity index (χ3n) is 3.97. The van der Waals surface area contributed by atoms with Crippen LogP contribution in [0.5, 0.6) is 0 Å². The van der Waals surface area contributed by atoms with Crippen molar-refractivity contribution < 1.29 is 4.79 Å². The molecule has 0 aliphatic carbocycles. The number of anilines is 1. The lowest BCUT2D eigenvalue weighted by atomic mass is 10.1. The van der Waals surface area contributed by atoms with Gasteiger partial charge in [-0.3, -0.25) is 9.69 Å². The highest BCUT2D eigenvalue weighted by Gasteiger charge is 2.23. The molecule has 1 aliphatic heterocycles. The summed E-state index contributed by atoms with van der Waals surface area (Å²) in [5.74, 6) is 6.03. The van der Waals surface area contributed by atoms with E-state index in [0.717, 1.165) is 38.3 Å². The number of nitrogens with two attached hydrogens (primary N) is 1. The lowest BCUT2D eigenvalue weighted by Gasteiger charge is -2.37. The minimum Gasteiger partial charge on any atom is -0.336 e. The lowest BCUT2D eigenvalue weighted by Crippen LogP contribution is -2.50. The summed E-state index contributed by atoms with van der Waals surface area (Å²) in [6, 6.07) is 4.11. The van der Waals surface area contributed by atoms with Gasteiger partial charge in [0.15, 0.2) is 0 Å².